The molecular formula is C16H18F2O4S. The van der Waals surface area contributed by atoms with Crippen LogP contribution in [0.15, 0.2) is 35.2 Å². The van der Waals surface area contributed by atoms with E-state index in [4.69, 9.17) is 4.74 Å². The van der Waals surface area contributed by atoms with Crippen molar-refractivity contribution in [1.29, 1.82) is 0 Å². The first kappa shape index (κ1) is 17.6. The van der Waals surface area contributed by atoms with Gasteiger partial charge in [-0.2, -0.15) is 0 Å². The van der Waals surface area contributed by atoms with Crippen LogP contribution in [0, 0.1) is 5.92 Å². The number of ether oxygens (including phenoxy) is 1. The average molecular weight is 344 g/mol. The summed E-state index contributed by atoms with van der Waals surface area (Å²) >= 11 is 0. The molecule has 0 amide bonds. The highest BCUT2D eigenvalue weighted by atomic mass is 32.2. The summed E-state index contributed by atoms with van der Waals surface area (Å²) in [6.07, 6.45) is -0.425. The van der Waals surface area contributed by atoms with Crippen LogP contribution in [-0.4, -0.2) is 40.1 Å². The van der Waals surface area contributed by atoms with E-state index in [2.05, 4.69) is 0 Å². The van der Waals surface area contributed by atoms with E-state index in [-0.39, 0.29) is 23.3 Å². The molecule has 0 saturated heterocycles. The lowest BCUT2D eigenvalue weighted by Gasteiger charge is -2.10. The Bertz CT molecular complexity index is 700. The Hall–Kier alpha value is -1.76. The van der Waals surface area contributed by atoms with Gasteiger partial charge in [0.1, 0.15) is 12.3 Å². The molecule has 1 aliphatic carbocycles. The lowest BCUT2D eigenvalue weighted by atomic mass is 9.98. The predicted molar refractivity (Wildman–Crippen MR) is 82.1 cm³/mol. The van der Waals surface area contributed by atoms with Crippen LogP contribution in [0.3, 0.4) is 0 Å². The maximum atomic E-state index is 13.3. The first-order valence-corrected chi connectivity index (χ1v) is 9.00. The van der Waals surface area contributed by atoms with E-state index in [1.165, 1.54) is 37.5 Å². The largest absolute Gasteiger partial charge is 0.465 e. The van der Waals surface area contributed by atoms with Gasteiger partial charge in [-0.05, 0) is 36.5 Å². The van der Waals surface area contributed by atoms with Crippen LogP contribution in [0.4, 0.5) is 8.78 Å². The zero-order valence-corrected chi connectivity index (χ0v) is 13.6. The molecule has 2 rings (SSSR count). The first-order valence-electron chi connectivity index (χ1n) is 7.11. The maximum Gasteiger partial charge on any atom is 0.338 e. The predicted octanol–water partition coefficient (Wildman–Crippen LogP) is 2.73. The number of carbonyl (C=O) groups is 1. The van der Waals surface area contributed by atoms with Gasteiger partial charge in [0.05, 0.1) is 17.6 Å². The Labute approximate surface area is 134 Å². The van der Waals surface area contributed by atoms with Crippen molar-refractivity contribution in [1.82, 2.24) is 0 Å². The molecule has 23 heavy (non-hydrogen) atoms. The number of sulfone groups is 1. The smallest absolute Gasteiger partial charge is 0.338 e. The third kappa shape index (κ3) is 4.16. The van der Waals surface area contributed by atoms with Crippen LogP contribution in [0.2, 0.25) is 0 Å². The normalized spacial score (nSPS) is 25.4. The number of esters is 1. The molecule has 3 atom stereocenters. The number of benzene rings is 1. The van der Waals surface area contributed by atoms with Gasteiger partial charge >= 0.3 is 5.97 Å². The molecule has 1 saturated carbocycles. The Morgan fingerprint density at radius 2 is 1.70 bits per heavy atom. The zero-order valence-electron chi connectivity index (χ0n) is 12.8. The quantitative estimate of drug-likeness (QED) is 0.622. The van der Waals surface area contributed by atoms with Crippen molar-refractivity contribution in [3.8, 4) is 0 Å². The van der Waals surface area contributed by atoms with E-state index in [9.17, 15) is 22.0 Å². The molecule has 1 aliphatic rings. The van der Waals surface area contributed by atoms with Gasteiger partial charge in [0, 0.05) is 6.26 Å². The number of hydrogen-bond donors (Lipinski definition) is 0. The molecule has 0 N–H and O–H groups in total. The molecule has 1 aromatic carbocycles. The van der Waals surface area contributed by atoms with Gasteiger partial charge in [-0.15, -0.1) is 0 Å². The zero-order chi connectivity index (χ0) is 17.2. The van der Waals surface area contributed by atoms with Crippen LogP contribution in [0.25, 0.3) is 5.57 Å². The van der Waals surface area contributed by atoms with Gasteiger partial charge in [0.25, 0.3) is 0 Å². The Morgan fingerprint density at radius 3 is 2.13 bits per heavy atom. The molecule has 1 unspecified atom stereocenters. The topological polar surface area (TPSA) is 60.4 Å². The molecule has 0 aliphatic heterocycles. The van der Waals surface area contributed by atoms with Crippen LogP contribution in [0.1, 0.15) is 18.4 Å². The minimum Gasteiger partial charge on any atom is -0.465 e. The number of methoxy groups -OCH3 is 1. The number of allylic oxidation sites excluding steroid dienone is 1. The van der Waals surface area contributed by atoms with E-state index >= 15 is 0 Å². The Balaban J connectivity index is 2.34. The van der Waals surface area contributed by atoms with Crippen molar-refractivity contribution in [3.63, 3.8) is 0 Å². The molecule has 4 nitrogen and oxygen atoms in total. The summed E-state index contributed by atoms with van der Waals surface area (Å²) in [7, 11) is -2.13. The van der Waals surface area contributed by atoms with Gasteiger partial charge in [-0.25, -0.2) is 22.0 Å². The molecule has 0 radical (unpaired) electrons. The first-order chi connectivity index (χ1) is 10.7. The van der Waals surface area contributed by atoms with Gasteiger partial charge < -0.3 is 4.74 Å². The summed E-state index contributed by atoms with van der Waals surface area (Å²) in [4.78, 5) is 12.1. The fourth-order valence-corrected chi connectivity index (χ4v) is 3.25. The fourth-order valence-electron chi connectivity index (χ4n) is 2.62. The highest BCUT2D eigenvalue weighted by Gasteiger charge is 2.34. The van der Waals surface area contributed by atoms with Crippen molar-refractivity contribution < 1.29 is 26.7 Å². The highest BCUT2D eigenvalue weighted by Crippen LogP contribution is 2.34. The lowest BCUT2D eigenvalue weighted by molar-refractivity contribution is -0.133. The van der Waals surface area contributed by atoms with Gasteiger partial charge in [0.2, 0.25) is 0 Å². The van der Waals surface area contributed by atoms with E-state index in [1.54, 1.807) is 0 Å². The fraction of sp³-hybridized carbons (Fsp3) is 0.438. The van der Waals surface area contributed by atoms with Crippen molar-refractivity contribution in [2.24, 2.45) is 5.92 Å². The lowest BCUT2D eigenvalue weighted by Crippen LogP contribution is -2.07. The third-order valence-electron chi connectivity index (χ3n) is 3.85. The number of rotatable bonds is 4. The molecule has 0 spiro atoms. The summed E-state index contributed by atoms with van der Waals surface area (Å²) in [5.74, 6) is -1.03. The molecule has 1 aromatic rings. The second-order valence-corrected chi connectivity index (χ2v) is 7.65. The SMILES string of the molecule is COC(=O)/C(=C/C1C[C@@H](F)[C@@H](F)C1)c1ccc(S(C)(=O)=O)cc1. The maximum absolute atomic E-state index is 13.3. The van der Waals surface area contributed by atoms with Gasteiger partial charge in [-0.3, -0.25) is 0 Å². The highest BCUT2D eigenvalue weighted by molar-refractivity contribution is 7.90. The summed E-state index contributed by atoms with van der Waals surface area (Å²) in [6.45, 7) is 0. The number of alkyl halides is 2. The van der Waals surface area contributed by atoms with Gasteiger partial charge in [-0.1, -0.05) is 18.2 Å². The van der Waals surface area contributed by atoms with Crippen molar-refractivity contribution in [2.45, 2.75) is 30.1 Å². The second kappa shape index (κ2) is 6.78. The van der Waals surface area contributed by atoms with E-state index in [0.29, 0.717) is 5.56 Å². The standard InChI is InChI=1S/C16H18F2O4S/c1-22-16(19)13(7-10-8-14(17)15(18)9-10)11-3-5-12(6-4-11)23(2,20)21/h3-7,10,14-15H,8-9H2,1-2H3/b13-7+/t10?,14-,15+. The minimum atomic E-state index is -3.34. The summed E-state index contributed by atoms with van der Waals surface area (Å²) < 4.78 is 54.2. The molecule has 1 fully saturated rings. The van der Waals surface area contributed by atoms with Crippen molar-refractivity contribution in [3.05, 3.63) is 35.9 Å². The third-order valence-corrected chi connectivity index (χ3v) is 4.98. The van der Waals surface area contributed by atoms with Crippen LogP contribution in [0.5, 0.6) is 0 Å². The number of carbonyl (C=O) groups excluding carboxylic acids is 1. The summed E-state index contributed by atoms with van der Waals surface area (Å²) in [6, 6.07) is 5.72. The van der Waals surface area contributed by atoms with E-state index in [1.807, 2.05) is 0 Å². The molecule has 126 valence electrons. The van der Waals surface area contributed by atoms with Crippen LogP contribution >= 0.6 is 0 Å². The van der Waals surface area contributed by atoms with E-state index < -0.39 is 34.1 Å². The number of hydrogen-bond acceptors (Lipinski definition) is 4. The monoisotopic (exact) mass is 344 g/mol. The van der Waals surface area contributed by atoms with Gasteiger partial charge in [0.15, 0.2) is 9.84 Å². The molecular weight excluding hydrogens is 326 g/mol. The molecule has 0 bridgehead atoms. The Kier molecular flexibility index (Phi) is 5.19. The van der Waals surface area contributed by atoms with Crippen LogP contribution in [-0.2, 0) is 19.4 Å². The summed E-state index contributed by atoms with van der Waals surface area (Å²) in [5.41, 5.74) is 0.626. The van der Waals surface area contributed by atoms with Crippen molar-refractivity contribution in [2.75, 3.05) is 13.4 Å². The Morgan fingerprint density at radius 1 is 1.17 bits per heavy atom. The van der Waals surface area contributed by atoms with Crippen molar-refractivity contribution >= 4 is 21.4 Å². The molecule has 0 heterocycles. The summed E-state index contributed by atoms with van der Waals surface area (Å²) in [5, 5.41) is 0. The van der Waals surface area contributed by atoms with E-state index in [0.717, 1.165) is 6.26 Å². The average Bonchev–Trinajstić information content (AvgIpc) is 2.81. The number of halogens is 2. The second-order valence-electron chi connectivity index (χ2n) is 5.63. The molecule has 0 aromatic heterocycles. The molecule has 7 heteroatoms. The minimum absolute atomic E-state index is 0.0169. The van der Waals surface area contributed by atoms with Crippen LogP contribution < -0.4 is 0 Å².